The highest BCUT2D eigenvalue weighted by atomic mass is 19.1. The summed E-state index contributed by atoms with van der Waals surface area (Å²) in [5.74, 6) is -0.129. The second-order valence-electron chi connectivity index (χ2n) is 7.99. The average Bonchev–Trinajstić information content (AvgIpc) is 3.21. The summed E-state index contributed by atoms with van der Waals surface area (Å²) in [6.07, 6.45) is 1.63. The van der Waals surface area contributed by atoms with E-state index >= 15 is 4.39 Å². The fraction of sp³-hybridized carbons (Fsp3) is 0.600. The van der Waals surface area contributed by atoms with Gasteiger partial charge >= 0.3 is 0 Å². The minimum Gasteiger partial charge on any atom is -0.361 e. The second kappa shape index (κ2) is 7.70. The van der Waals surface area contributed by atoms with Crippen LogP contribution in [0.2, 0.25) is 0 Å². The number of halogens is 1. The molecule has 9 heteroatoms. The van der Waals surface area contributed by atoms with Crippen LogP contribution < -0.4 is 10.2 Å². The van der Waals surface area contributed by atoms with Crippen LogP contribution in [0.5, 0.6) is 0 Å². The highest BCUT2D eigenvalue weighted by molar-refractivity contribution is 5.92. The minimum atomic E-state index is -1.27. The van der Waals surface area contributed by atoms with Gasteiger partial charge in [-0.1, -0.05) is 33.8 Å². The molecule has 1 fully saturated rings. The first-order chi connectivity index (χ1) is 13.6. The van der Waals surface area contributed by atoms with Crippen LogP contribution in [0.15, 0.2) is 19.0 Å². The number of aromatic nitrogens is 4. The molecule has 8 nitrogen and oxygen atoms in total. The molecule has 3 rings (SSSR count). The Labute approximate surface area is 170 Å². The molecule has 1 aliphatic rings. The van der Waals surface area contributed by atoms with Gasteiger partial charge in [0.05, 0.1) is 11.9 Å². The molecule has 0 aliphatic carbocycles. The Morgan fingerprint density at radius 3 is 2.69 bits per heavy atom. The van der Waals surface area contributed by atoms with Crippen LogP contribution in [0.1, 0.15) is 40.3 Å². The van der Waals surface area contributed by atoms with Crippen LogP contribution >= 0.6 is 0 Å². The van der Waals surface area contributed by atoms with Crippen LogP contribution in [0.25, 0.3) is 11.2 Å². The molecular formula is C20H29FN6O2. The molecule has 1 aliphatic heterocycles. The van der Waals surface area contributed by atoms with Gasteiger partial charge < -0.3 is 9.64 Å². The number of hydrogen-bond donors (Lipinski definition) is 1. The zero-order valence-corrected chi connectivity index (χ0v) is 17.8. The smallest absolute Gasteiger partial charge is 0.233 e. The predicted octanol–water partition coefficient (Wildman–Crippen LogP) is 3.32. The van der Waals surface area contributed by atoms with E-state index in [1.165, 1.54) is 6.33 Å². The maximum atomic E-state index is 15.3. The second-order valence-corrected chi connectivity index (χ2v) is 7.99. The van der Waals surface area contributed by atoms with Gasteiger partial charge in [0.15, 0.2) is 29.4 Å². The van der Waals surface area contributed by atoms with E-state index in [1.807, 2.05) is 27.9 Å². The molecule has 0 radical (unpaired) electrons. The predicted molar refractivity (Wildman–Crippen MR) is 111 cm³/mol. The summed E-state index contributed by atoms with van der Waals surface area (Å²) in [7, 11) is 3.64. The van der Waals surface area contributed by atoms with Crippen molar-refractivity contribution in [3.05, 3.63) is 19.0 Å². The van der Waals surface area contributed by atoms with Crippen molar-refractivity contribution in [2.24, 2.45) is 11.8 Å². The Hall–Kier alpha value is -2.55. The van der Waals surface area contributed by atoms with Crippen LogP contribution in [-0.2, 0) is 9.53 Å². The standard InChI is InChI=1S/C20H29FN6O2/c1-8-20(9-2)12(5)13(21)18(29-20)27-10-22-14-15(26(6)7)23-19(24-16(14)27)25-17(28)11(3)4/h8,10-13,18H,1,9H2,2-7H3,(H,23,24,25,28)/t12-,13-,18+,20+/m0/s1. The summed E-state index contributed by atoms with van der Waals surface area (Å²) in [4.78, 5) is 27.2. The van der Waals surface area contributed by atoms with Gasteiger partial charge in [0.1, 0.15) is 0 Å². The number of carbonyl (C=O) groups is 1. The minimum absolute atomic E-state index is 0.147. The Kier molecular flexibility index (Phi) is 5.62. The van der Waals surface area contributed by atoms with E-state index in [2.05, 4.69) is 26.8 Å². The lowest BCUT2D eigenvalue weighted by Crippen LogP contribution is -2.32. The summed E-state index contributed by atoms with van der Waals surface area (Å²) >= 11 is 0. The summed E-state index contributed by atoms with van der Waals surface area (Å²) in [5.41, 5.74) is 0.152. The first-order valence-electron chi connectivity index (χ1n) is 9.83. The largest absolute Gasteiger partial charge is 0.361 e. The van der Waals surface area contributed by atoms with E-state index in [4.69, 9.17) is 4.74 Å². The summed E-state index contributed by atoms with van der Waals surface area (Å²) in [6, 6.07) is 0. The van der Waals surface area contributed by atoms with Gasteiger partial charge in [0.2, 0.25) is 11.9 Å². The third kappa shape index (κ3) is 3.48. The Morgan fingerprint density at radius 1 is 1.48 bits per heavy atom. The van der Waals surface area contributed by atoms with E-state index in [9.17, 15) is 4.79 Å². The van der Waals surface area contributed by atoms with Crippen LogP contribution in [0, 0.1) is 11.8 Å². The summed E-state index contributed by atoms with van der Waals surface area (Å²) < 4.78 is 23.0. The molecule has 3 heterocycles. The lowest BCUT2D eigenvalue weighted by molar-refractivity contribution is -0.118. The van der Waals surface area contributed by atoms with E-state index in [0.717, 1.165) is 0 Å². The first kappa shape index (κ1) is 21.2. The van der Waals surface area contributed by atoms with Gasteiger partial charge in [0.25, 0.3) is 0 Å². The summed E-state index contributed by atoms with van der Waals surface area (Å²) in [6.45, 7) is 11.2. The third-order valence-corrected chi connectivity index (χ3v) is 5.62. The van der Waals surface area contributed by atoms with Crippen molar-refractivity contribution in [2.75, 3.05) is 24.3 Å². The molecule has 29 heavy (non-hydrogen) atoms. The number of amides is 1. The van der Waals surface area contributed by atoms with Crippen LogP contribution in [0.4, 0.5) is 16.2 Å². The Balaban J connectivity index is 2.11. The Morgan fingerprint density at radius 2 is 2.17 bits per heavy atom. The van der Waals surface area contributed by atoms with Gasteiger partial charge in [-0.25, -0.2) is 9.37 Å². The van der Waals surface area contributed by atoms with Crippen molar-refractivity contribution in [3.63, 3.8) is 0 Å². The van der Waals surface area contributed by atoms with Gasteiger partial charge in [-0.2, -0.15) is 9.97 Å². The number of anilines is 2. The fourth-order valence-electron chi connectivity index (χ4n) is 3.62. The monoisotopic (exact) mass is 404 g/mol. The topological polar surface area (TPSA) is 85.2 Å². The number of ether oxygens (including phenoxy) is 1. The van der Waals surface area contributed by atoms with Crippen molar-refractivity contribution < 1.29 is 13.9 Å². The van der Waals surface area contributed by atoms with Crippen molar-refractivity contribution >= 4 is 28.8 Å². The molecule has 0 spiro atoms. The number of fused-ring (bicyclic) bond motifs is 1. The number of hydrogen-bond acceptors (Lipinski definition) is 6. The van der Waals surface area contributed by atoms with Gasteiger partial charge in [-0.05, 0) is 6.42 Å². The van der Waals surface area contributed by atoms with E-state index in [1.54, 1.807) is 29.4 Å². The Bertz CT molecular complexity index is 927. The molecule has 1 amide bonds. The lowest BCUT2D eigenvalue weighted by atomic mass is 9.85. The van der Waals surface area contributed by atoms with E-state index < -0.39 is 18.0 Å². The zero-order chi connectivity index (χ0) is 21.5. The molecule has 0 saturated carbocycles. The fourth-order valence-corrected chi connectivity index (χ4v) is 3.62. The molecule has 1 saturated heterocycles. The van der Waals surface area contributed by atoms with Crippen molar-refractivity contribution in [2.45, 2.75) is 52.1 Å². The number of carbonyl (C=O) groups excluding carboxylic acids is 1. The molecule has 158 valence electrons. The first-order valence-corrected chi connectivity index (χ1v) is 9.83. The van der Waals surface area contributed by atoms with Crippen molar-refractivity contribution in [3.8, 4) is 0 Å². The number of nitrogens with one attached hydrogen (secondary N) is 1. The van der Waals surface area contributed by atoms with Gasteiger partial charge in [-0.15, -0.1) is 6.58 Å². The molecule has 0 bridgehead atoms. The van der Waals surface area contributed by atoms with Crippen molar-refractivity contribution in [1.29, 1.82) is 0 Å². The molecule has 0 aromatic carbocycles. The van der Waals surface area contributed by atoms with Crippen LogP contribution in [0.3, 0.4) is 0 Å². The molecule has 1 N–H and O–H groups in total. The quantitative estimate of drug-likeness (QED) is 0.744. The number of nitrogens with zero attached hydrogens (tertiary/aromatic N) is 5. The van der Waals surface area contributed by atoms with Crippen LogP contribution in [-0.4, -0.2) is 51.3 Å². The molecule has 2 aromatic rings. The molecule has 2 aromatic heterocycles. The maximum Gasteiger partial charge on any atom is 0.233 e. The highest BCUT2D eigenvalue weighted by Crippen LogP contribution is 2.46. The molecule has 0 unspecified atom stereocenters. The zero-order valence-electron chi connectivity index (χ0n) is 17.8. The summed E-state index contributed by atoms with van der Waals surface area (Å²) in [5, 5.41) is 2.72. The van der Waals surface area contributed by atoms with Crippen molar-refractivity contribution in [1.82, 2.24) is 19.5 Å². The average molecular weight is 404 g/mol. The normalized spacial score (nSPS) is 26.8. The third-order valence-electron chi connectivity index (χ3n) is 5.62. The number of rotatable bonds is 6. The van der Waals surface area contributed by atoms with Gasteiger partial charge in [-0.3, -0.25) is 14.7 Å². The highest BCUT2D eigenvalue weighted by Gasteiger charge is 2.51. The maximum absolute atomic E-state index is 15.3. The van der Waals surface area contributed by atoms with Gasteiger partial charge in [0, 0.05) is 25.9 Å². The molecular weight excluding hydrogens is 375 g/mol. The number of imidazole rings is 1. The lowest BCUT2D eigenvalue weighted by Gasteiger charge is -2.27. The van der Waals surface area contributed by atoms with E-state index in [-0.39, 0.29) is 23.7 Å². The SMILES string of the molecule is C=C[C@]1(CC)O[C@@H](n2cnc3c(N(C)C)nc(NC(=O)C(C)C)nc32)[C@@H](F)[C@@H]1C. The molecule has 4 atom stereocenters. The number of alkyl halides is 1. The van der Waals surface area contributed by atoms with E-state index in [0.29, 0.717) is 23.4 Å².